The summed E-state index contributed by atoms with van der Waals surface area (Å²) in [4.78, 5) is 52.6. The van der Waals surface area contributed by atoms with Crippen molar-refractivity contribution in [3.63, 3.8) is 0 Å². The number of nitrogens with zero attached hydrogens (tertiary/aromatic N) is 1. The molecule has 2 amide bonds. The molecule has 2 aliphatic rings. The number of carbonyl (C=O) groups is 4. The molecule has 0 bridgehead atoms. The molecule has 0 radical (unpaired) electrons. The zero-order chi connectivity index (χ0) is 19.8. The first-order valence-electron chi connectivity index (χ1n) is 7.94. The van der Waals surface area contributed by atoms with Crippen LogP contribution < -0.4 is 5.32 Å². The lowest BCUT2D eigenvalue weighted by Crippen LogP contribution is -2.56. The van der Waals surface area contributed by atoms with Crippen LogP contribution in [0.1, 0.15) is 24.5 Å². The summed E-state index contributed by atoms with van der Waals surface area (Å²) in [5.41, 5.74) is -2.09. The monoisotopic (exact) mass is 380 g/mol. The van der Waals surface area contributed by atoms with Gasteiger partial charge in [0.1, 0.15) is 18.4 Å². The fourth-order valence-electron chi connectivity index (χ4n) is 2.81. The molecule has 27 heavy (non-hydrogen) atoms. The number of benzene rings is 1. The second-order valence-corrected chi connectivity index (χ2v) is 6.05. The highest BCUT2D eigenvalue weighted by Gasteiger charge is 2.59. The van der Waals surface area contributed by atoms with Crippen LogP contribution in [0.15, 0.2) is 24.3 Å². The SMILES string of the molecule is O=C1CCC(C(=O)O)(N2OCC(NC(=O)C(O)c3ccc(O)cc3)C2=O)O1. The molecule has 2 fully saturated rings. The minimum absolute atomic E-state index is 0.0496. The number of carboxylic acid groups (broad SMARTS) is 1. The number of hydroxylamine groups is 2. The average Bonchev–Trinajstić information content (AvgIpc) is 3.19. The van der Waals surface area contributed by atoms with Crippen molar-refractivity contribution in [2.45, 2.75) is 30.7 Å². The Morgan fingerprint density at radius 2 is 1.93 bits per heavy atom. The molecule has 11 heteroatoms. The number of nitrogens with one attached hydrogen (secondary N) is 1. The predicted molar refractivity (Wildman–Crippen MR) is 83.5 cm³/mol. The smallest absolute Gasteiger partial charge is 0.372 e. The number of aromatic hydroxyl groups is 1. The molecular formula is C16H16N2O9. The van der Waals surface area contributed by atoms with E-state index in [1.54, 1.807) is 0 Å². The van der Waals surface area contributed by atoms with Gasteiger partial charge in [-0.2, -0.15) is 5.06 Å². The van der Waals surface area contributed by atoms with Gasteiger partial charge in [0.05, 0.1) is 6.42 Å². The van der Waals surface area contributed by atoms with Gasteiger partial charge >= 0.3 is 17.7 Å². The van der Waals surface area contributed by atoms with E-state index in [1.807, 2.05) is 0 Å². The Morgan fingerprint density at radius 1 is 1.26 bits per heavy atom. The maximum absolute atomic E-state index is 12.5. The summed E-state index contributed by atoms with van der Waals surface area (Å²) in [5, 5.41) is 31.4. The molecule has 2 heterocycles. The van der Waals surface area contributed by atoms with Gasteiger partial charge in [0.25, 0.3) is 11.8 Å². The third kappa shape index (κ3) is 3.29. The van der Waals surface area contributed by atoms with Crippen LogP contribution in [-0.2, 0) is 28.8 Å². The van der Waals surface area contributed by atoms with E-state index in [4.69, 9.17) is 9.57 Å². The molecule has 1 aromatic rings. The minimum atomic E-state index is -2.27. The summed E-state index contributed by atoms with van der Waals surface area (Å²) in [5.74, 6) is -4.25. The number of hydrogen-bond acceptors (Lipinski definition) is 8. The van der Waals surface area contributed by atoms with Crippen LogP contribution in [0.4, 0.5) is 0 Å². The molecule has 3 rings (SSSR count). The van der Waals surface area contributed by atoms with Crippen molar-refractivity contribution in [2.24, 2.45) is 0 Å². The van der Waals surface area contributed by atoms with Crippen LogP contribution in [0.3, 0.4) is 0 Å². The number of aliphatic carboxylic acids is 1. The van der Waals surface area contributed by atoms with E-state index in [2.05, 4.69) is 5.32 Å². The molecule has 0 aromatic heterocycles. The van der Waals surface area contributed by atoms with Crippen LogP contribution >= 0.6 is 0 Å². The van der Waals surface area contributed by atoms with Gasteiger partial charge in [-0.1, -0.05) is 12.1 Å². The average molecular weight is 380 g/mol. The number of esters is 1. The predicted octanol–water partition coefficient (Wildman–Crippen LogP) is -1.20. The quantitative estimate of drug-likeness (QED) is 0.460. The van der Waals surface area contributed by atoms with E-state index in [1.165, 1.54) is 24.3 Å². The van der Waals surface area contributed by atoms with Crippen molar-refractivity contribution in [1.29, 1.82) is 0 Å². The van der Waals surface area contributed by atoms with Gasteiger partial charge in [-0.3, -0.25) is 19.2 Å². The zero-order valence-electron chi connectivity index (χ0n) is 13.8. The number of amides is 2. The highest BCUT2D eigenvalue weighted by Crippen LogP contribution is 2.34. The Hall–Kier alpha value is -3.18. The number of phenols is 1. The van der Waals surface area contributed by atoms with E-state index in [-0.39, 0.29) is 30.8 Å². The summed E-state index contributed by atoms with van der Waals surface area (Å²) in [6.45, 7) is -0.389. The summed E-state index contributed by atoms with van der Waals surface area (Å²) in [7, 11) is 0. The Bertz CT molecular complexity index is 794. The highest BCUT2D eigenvalue weighted by atomic mass is 16.7. The first-order valence-corrected chi connectivity index (χ1v) is 7.94. The van der Waals surface area contributed by atoms with Gasteiger partial charge in [-0.25, -0.2) is 4.79 Å². The van der Waals surface area contributed by atoms with Crippen molar-refractivity contribution in [3.8, 4) is 5.75 Å². The molecule has 2 saturated heterocycles. The molecule has 1 aromatic carbocycles. The van der Waals surface area contributed by atoms with E-state index >= 15 is 0 Å². The lowest BCUT2D eigenvalue weighted by Gasteiger charge is -2.30. The Morgan fingerprint density at radius 3 is 2.48 bits per heavy atom. The number of carboxylic acids is 1. The lowest BCUT2D eigenvalue weighted by molar-refractivity contribution is -0.256. The number of carbonyl (C=O) groups excluding carboxylic acids is 3. The molecule has 3 atom stereocenters. The third-order valence-electron chi connectivity index (χ3n) is 4.26. The van der Waals surface area contributed by atoms with E-state index in [0.717, 1.165) is 0 Å². The standard InChI is InChI=1S/C16H16N2O9/c19-9-3-1-8(2-4-9)12(21)13(22)17-10-7-26-18(14(10)23)16(15(24)25)6-5-11(20)27-16/h1-4,10,12,19,21H,5-7H2,(H,17,22)(H,24,25). The molecule has 4 N–H and O–H groups in total. The molecular weight excluding hydrogens is 364 g/mol. The third-order valence-corrected chi connectivity index (χ3v) is 4.26. The van der Waals surface area contributed by atoms with Crippen molar-refractivity contribution in [3.05, 3.63) is 29.8 Å². The van der Waals surface area contributed by atoms with E-state index in [9.17, 15) is 34.5 Å². The van der Waals surface area contributed by atoms with Crippen molar-refractivity contribution in [1.82, 2.24) is 10.4 Å². The molecule has 144 valence electrons. The maximum Gasteiger partial charge on any atom is 0.372 e. The normalized spacial score (nSPS) is 26.0. The second kappa shape index (κ2) is 6.85. The largest absolute Gasteiger partial charge is 0.508 e. The summed E-state index contributed by atoms with van der Waals surface area (Å²) in [6, 6.07) is 3.96. The summed E-state index contributed by atoms with van der Waals surface area (Å²) >= 11 is 0. The minimum Gasteiger partial charge on any atom is -0.508 e. The number of ether oxygens (including phenoxy) is 1. The molecule has 2 aliphatic heterocycles. The van der Waals surface area contributed by atoms with Gasteiger partial charge < -0.3 is 25.4 Å². The molecule has 11 nitrogen and oxygen atoms in total. The van der Waals surface area contributed by atoms with Gasteiger partial charge in [0.2, 0.25) is 0 Å². The fourth-order valence-corrected chi connectivity index (χ4v) is 2.81. The molecule has 0 saturated carbocycles. The van der Waals surface area contributed by atoms with Crippen LogP contribution in [0.25, 0.3) is 0 Å². The maximum atomic E-state index is 12.5. The van der Waals surface area contributed by atoms with Crippen LogP contribution in [0.5, 0.6) is 5.75 Å². The van der Waals surface area contributed by atoms with Gasteiger partial charge in [0.15, 0.2) is 6.10 Å². The van der Waals surface area contributed by atoms with E-state index in [0.29, 0.717) is 5.06 Å². The number of hydrogen-bond donors (Lipinski definition) is 4. The number of cyclic esters (lactones) is 1. The van der Waals surface area contributed by atoms with E-state index < -0.39 is 41.6 Å². The van der Waals surface area contributed by atoms with Crippen molar-refractivity contribution in [2.75, 3.05) is 6.61 Å². The van der Waals surface area contributed by atoms with Crippen LogP contribution in [-0.4, -0.2) is 62.5 Å². The van der Waals surface area contributed by atoms with Gasteiger partial charge in [-0.05, 0) is 17.7 Å². The number of phenolic OH excluding ortho intramolecular Hbond substituents is 1. The second-order valence-electron chi connectivity index (χ2n) is 6.05. The number of aliphatic hydroxyl groups is 1. The lowest BCUT2D eigenvalue weighted by atomic mass is 10.1. The Kier molecular flexibility index (Phi) is 4.72. The summed E-state index contributed by atoms with van der Waals surface area (Å²) in [6.07, 6.45) is -2.11. The zero-order valence-corrected chi connectivity index (χ0v) is 13.8. The Balaban J connectivity index is 1.70. The fraction of sp³-hybridized carbons (Fsp3) is 0.375. The summed E-state index contributed by atoms with van der Waals surface area (Å²) < 4.78 is 4.80. The topological polar surface area (TPSA) is 163 Å². The van der Waals surface area contributed by atoms with Gasteiger partial charge in [-0.15, -0.1) is 0 Å². The molecule has 0 aliphatic carbocycles. The number of rotatable bonds is 5. The molecule has 0 spiro atoms. The van der Waals surface area contributed by atoms with Crippen molar-refractivity contribution >= 4 is 23.8 Å². The first kappa shape index (κ1) is 18.6. The van der Waals surface area contributed by atoms with Gasteiger partial charge in [0, 0.05) is 6.42 Å². The van der Waals surface area contributed by atoms with Crippen LogP contribution in [0, 0.1) is 0 Å². The van der Waals surface area contributed by atoms with Crippen molar-refractivity contribution < 1.29 is 44.1 Å². The first-order chi connectivity index (χ1) is 12.7. The highest BCUT2D eigenvalue weighted by molar-refractivity contribution is 5.94. The molecule has 3 unspecified atom stereocenters. The van der Waals surface area contributed by atoms with Crippen LogP contribution in [0.2, 0.25) is 0 Å². The number of aliphatic hydroxyl groups excluding tert-OH is 1. The Labute approximate surface area is 152 Å².